The van der Waals surface area contributed by atoms with Gasteiger partial charge in [-0.05, 0) is 39.5 Å². The number of rotatable bonds is 5. The number of carbonyl (C=O) groups excluding carboxylic acids is 1. The van der Waals surface area contributed by atoms with Crippen LogP contribution in [0, 0.1) is 0 Å². The summed E-state index contributed by atoms with van der Waals surface area (Å²) in [5.41, 5.74) is 1.49. The first kappa shape index (κ1) is 14.3. The Labute approximate surface area is 125 Å². The van der Waals surface area contributed by atoms with E-state index in [-0.39, 0.29) is 5.78 Å². The highest BCUT2D eigenvalue weighted by Crippen LogP contribution is 2.23. The smallest absolute Gasteiger partial charge is 0.180 e. The van der Waals surface area contributed by atoms with Crippen molar-refractivity contribution >= 4 is 16.8 Å². The van der Waals surface area contributed by atoms with E-state index in [1.165, 1.54) is 12.8 Å². The Balaban J connectivity index is 1.74. The van der Waals surface area contributed by atoms with Gasteiger partial charge in [0, 0.05) is 18.0 Å². The van der Waals surface area contributed by atoms with Crippen LogP contribution in [0.4, 0.5) is 0 Å². The first-order chi connectivity index (χ1) is 10.1. The molecule has 112 valence electrons. The molecule has 0 radical (unpaired) electrons. The third-order valence-corrected chi connectivity index (χ3v) is 4.20. The Morgan fingerprint density at radius 3 is 3.00 bits per heavy atom. The predicted octanol–water partition coefficient (Wildman–Crippen LogP) is 2.64. The van der Waals surface area contributed by atoms with Crippen molar-refractivity contribution in [3.8, 4) is 0 Å². The molecule has 2 aromatic rings. The Bertz CT molecular complexity index is 633. The molecule has 1 fully saturated rings. The van der Waals surface area contributed by atoms with Gasteiger partial charge in [0.1, 0.15) is 11.8 Å². The van der Waals surface area contributed by atoms with Crippen molar-refractivity contribution in [1.82, 2.24) is 9.80 Å². The van der Waals surface area contributed by atoms with Crippen LogP contribution in [0.15, 0.2) is 34.9 Å². The lowest BCUT2D eigenvalue weighted by Crippen LogP contribution is -2.40. The number of hydrogen-bond acceptors (Lipinski definition) is 4. The lowest BCUT2D eigenvalue weighted by molar-refractivity contribution is 0.0911. The van der Waals surface area contributed by atoms with Gasteiger partial charge in [0.15, 0.2) is 5.78 Å². The summed E-state index contributed by atoms with van der Waals surface area (Å²) in [6.07, 6.45) is 3.96. The minimum atomic E-state index is 0.158. The van der Waals surface area contributed by atoms with Crippen molar-refractivity contribution in [3.05, 3.63) is 36.1 Å². The molecule has 1 aromatic heterocycles. The second-order valence-corrected chi connectivity index (χ2v) is 6.10. The van der Waals surface area contributed by atoms with Gasteiger partial charge in [0.2, 0.25) is 0 Å². The standard InChI is InChI=1S/C17H22N2O2/c1-18(2)10-13-6-5-9-19(13)11-16(20)15-12-21-17-8-4-3-7-14(15)17/h3-4,7-8,12-13H,5-6,9-11H2,1-2H3. The van der Waals surface area contributed by atoms with Crippen LogP contribution in [-0.4, -0.2) is 55.4 Å². The fourth-order valence-electron chi connectivity index (χ4n) is 3.19. The number of fused-ring (bicyclic) bond motifs is 1. The van der Waals surface area contributed by atoms with Crippen LogP contribution in [0.25, 0.3) is 11.0 Å². The first-order valence-electron chi connectivity index (χ1n) is 7.53. The minimum absolute atomic E-state index is 0.158. The molecule has 3 rings (SSSR count). The molecule has 0 N–H and O–H groups in total. The van der Waals surface area contributed by atoms with Gasteiger partial charge >= 0.3 is 0 Å². The Morgan fingerprint density at radius 2 is 2.19 bits per heavy atom. The summed E-state index contributed by atoms with van der Waals surface area (Å²) in [5, 5.41) is 0.922. The maximum atomic E-state index is 12.6. The molecule has 1 saturated heterocycles. The van der Waals surface area contributed by atoms with E-state index in [2.05, 4.69) is 23.9 Å². The van der Waals surface area contributed by atoms with Crippen LogP contribution in [0.1, 0.15) is 23.2 Å². The molecule has 0 spiro atoms. The molecule has 1 unspecified atom stereocenters. The SMILES string of the molecule is CN(C)CC1CCCN1CC(=O)c1coc2ccccc12. The molecule has 1 atom stereocenters. The van der Waals surface area contributed by atoms with E-state index in [0.717, 1.165) is 24.1 Å². The number of nitrogens with zero attached hydrogens (tertiary/aromatic N) is 2. The minimum Gasteiger partial charge on any atom is -0.464 e. The summed E-state index contributed by atoms with van der Waals surface area (Å²) in [5.74, 6) is 0.158. The highest BCUT2D eigenvalue weighted by Gasteiger charge is 2.27. The molecule has 0 aliphatic carbocycles. The lowest BCUT2D eigenvalue weighted by Gasteiger charge is -2.26. The second-order valence-electron chi connectivity index (χ2n) is 6.10. The van der Waals surface area contributed by atoms with Crippen LogP contribution in [0.3, 0.4) is 0 Å². The number of ketones is 1. The summed E-state index contributed by atoms with van der Waals surface area (Å²) in [6, 6.07) is 8.21. The van der Waals surface area contributed by atoms with E-state index in [1.54, 1.807) is 6.26 Å². The predicted molar refractivity (Wildman–Crippen MR) is 83.7 cm³/mol. The van der Waals surface area contributed by atoms with E-state index < -0.39 is 0 Å². The fourth-order valence-corrected chi connectivity index (χ4v) is 3.19. The summed E-state index contributed by atoms with van der Waals surface area (Å²) < 4.78 is 5.48. The van der Waals surface area contributed by atoms with Gasteiger partial charge in [-0.1, -0.05) is 18.2 Å². The van der Waals surface area contributed by atoms with E-state index in [4.69, 9.17) is 4.42 Å². The molecule has 4 heteroatoms. The van der Waals surface area contributed by atoms with Crippen LogP contribution in [0.2, 0.25) is 0 Å². The van der Waals surface area contributed by atoms with Crippen LogP contribution >= 0.6 is 0 Å². The molecular weight excluding hydrogens is 264 g/mol. The number of Topliss-reactive ketones (excluding diaryl/α,β-unsaturated/α-hetero) is 1. The average Bonchev–Trinajstić information content (AvgIpc) is 3.05. The topological polar surface area (TPSA) is 36.7 Å². The fraction of sp³-hybridized carbons (Fsp3) is 0.471. The van der Waals surface area contributed by atoms with Crippen molar-refractivity contribution < 1.29 is 9.21 Å². The maximum absolute atomic E-state index is 12.6. The van der Waals surface area contributed by atoms with Gasteiger partial charge in [-0.2, -0.15) is 0 Å². The molecule has 1 aromatic carbocycles. The molecule has 0 saturated carbocycles. The van der Waals surface area contributed by atoms with Crippen LogP contribution < -0.4 is 0 Å². The van der Waals surface area contributed by atoms with Gasteiger partial charge < -0.3 is 9.32 Å². The number of likely N-dealkylation sites (tertiary alicyclic amines) is 1. The van der Waals surface area contributed by atoms with Gasteiger partial charge in [0.05, 0.1) is 12.1 Å². The Kier molecular flexibility index (Phi) is 4.08. The number of furan rings is 1. The summed E-state index contributed by atoms with van der Waals surface area (Å²) in [6.45, 7) is 2.52. The quantitative estimate of drug-likeness (QED) is 0.792. The molecule has 1 aliphatic rings. The first-order valence-corrected chi connectivity index (χ1v) is 7.53. The van der Waals surface area contributed by atoms with Gasteiger partial charge in [0.25, 0.3) is 0 Å². The molecule has 4 nitrogen and oxygen atoms in total. The zero-order valence-electron chi connectivity index (χ0n) is 12.7. The molecule has 0 amide bonds. The zero-order valence-corrected chi connectivity index (χ0v) is 12.7. The molecular formula is C17H22N2O2. The number of hydrogen-bond donors (Lipinski definition) is 0. The molecule has 2 heterocycles. The van der Waals surface area contributed by atoms with Crippen molar-refractivity contribution in [1.29, 1.82) is 0 Å². The zero-order chi connectivity index (χ0) is 14.8. The normalized spacial score (nSPS) is 19.7. The van der Waals surface area contributed by atoms with Gasteiger partial charge in [-0.3, -0.25) is 9.69 Å². The summed E-state index contributed by atoms with van der Waals surface area (Å²) in [4.78, 5) is 17.1. The van der Waals surface area contributed by atoms with Gasteiger partial charge in [-0.25, -0.2) is 0 Å². The van der Waals surface area contributed by atoms with Crippen molar-refractivity contribution in [3.63, 3.8) is 0 Å². The van der Waals surface area contributed by atoms with Gasteiger partial charge in [-0.15, -0.1) is 0 Å². The average molecular weight is 286 g/mol. The van der Waals surface area contributed by atoms with Crippen molar-refractivity contribution in [2.45, 2.75) is 18.9 Å². The van der Waals surface area contributed by atoms with E-state index in [1.807, 2.05) is 24.3 Å². The summed E-state index contributed by atoms with van der Waals surface area (Å²) in [7, 11) is 4.17. The highest BCUT2D eigenvalue weighted by molar-refractivity contribution is 6.08. The largest absolute Gasteiger partial charge is 0.464 e. The van der Waals surface area contributed by atoms with E-state index in [0.29, 0.717) is 18.2 Å². The van der Waals surface area contributed by atoms with Crippen LogP contribution in [0.5, 0.6) is 0 Å². The second kappa shape index (κ2) is 6.00. The van der Waals surface area contributed by atoms with E-state index in [9.17, 15) is 4.79 Å². The molecule has 21 heavy (non-hydrogen) atoms. The Morgan fingerprint density at radius 1 is 1.38 bits per heavy atom. The lowest BCUT2D eigenvalue weighted by atomic mass is 10.1. The monoisotopic (exact) mass is 286 g/mol. The summed E-state index contributed by atoms with van der Waals surface area (Å²) >= 11 is 0. The third kappa shape index (κ3) is 3.01. The maximum Gasteiger partial charge on any atom is 0.180 e. The Hall–Kier alpha value is -1.65. The molecule has 1 aliphatic heterocycles. The number of para-hydroxylation sites is 1. The third-order valence-electron chi connectivity index (χ3n) is 4.20. The number of benzene rings is 1. The highest BCUT2D eigenvalue weighted by atomic mass is 16.3. The van der Waals surface area contributed by atoms with Crippen LogP contribution in [-0.2, 0) is 0 Å². The van der Waals surface area contributed by atoms with E-state index >= 15 is 0 Å². The van der Waals surface area contributed by atoms with Crippen molar-refractivity contribution in [2.75, 3.05) is 33.7 Å². The number of carbonyl (C=O) groups is 1. The number of likely N-dealkylation sites (N-methyl/N-ethyl adjacent to an activating group) is 1. The molecule has 0 bridgehead atoms. The van der Waals surface area contributed by atoms with Crippen molar-refractivity contribution in [2.24, 2.45) is 0 Å².